The van der Waals surface area contributed by atoms with Crippen LogP contribution in [0.3, 0.4) is 0 Å². The largest absolute Gasteiger partial charge is 0.334 e. The summed E-state index contributed by atoms with van der Waals surface area (Å²) in [6, 6.07) is -0.295. The van der Waals surface area contributed by atoms with Gasteiger partial charge in [0, 0.05) is 19.5 Å². The molecule has 0 saturated carbocycles. The molecule has 4 heteroatoms. The van der Waals surface area contributed by atoms with Crippen LogP contribution in [0.1, 0.15) is 25.7 Å². The Bertz CT molecular complexity index is 238. The van der Waals surface area contributed by atoms with Gasteiger partial charge >= 0.3 is 6.03 Å². The average Bonchev–Trinajstić information content (AvgIpc) is 2.39. The molecule has 0 unspecified atom stereocenters. The first-order valence-electron chi connectivity index (χ1n) is 4.95. The standard InChI is InChI=1S/C10H16N2O2/c1-2-7-11-10(14)12-8-5-3-4-6-9(12)13/h2H,1,3-8H2,(H,11,14). The van der Waals surface area contributed by atoms with Crippen LogP contribution in [0, 0.1) is 0 Å². The number of nitrogens with one attached hydrogen (secondary N) is 1. The molecular weight excluding hydrogens is 180 g/mol. The number of hydrogen-bond donors (Lipinski definition) is 1. The second kappa shape index (κ2) is 5.42. The number of rotatable bonds is 2. The monoisotopic (exact) mass is 196 g/mol. The molecule has 0 aromatic heterocycles. The molecule has 0 spiro atoms. The maximum atomic E-state index is 11.5. The van der Waals surface area contributed by atoms with E-state index in [0.717, 1.165) is 19.3 Å². The molecule has 1 heterocycles. The minimum atomic E-state index is -0.295. The van der Waals surface area contributed by atoms with Crippen molar-refractivity contribution < 1.29 is 9.59 Å². The molecule has 4 nitrogen and oxygen atoms in total. The summed E-state index contributed by atoms with van der Waals surface area (Å²) in [4.78, 5) is 24.2. The molecule has 0 aromatic rings. The van der Waals surface area contributed by atoms with Crippen LogP contribution in [0.25, 0.3) is 0 Å². The zero-order chi connectivity index (χ0) is 10.4. The smallest absolute Gasteiger partial charge is 0.324 e. The fourth-order valence-electron chi connectivity index (χ4n) is 1.45. The summed E-state index contributed by atoms with van der Waals surface area (Å²) >= 11 is 0. The molecule has 14 heavy (non-hydrogen) atoms. The fourth-order valence-corrected chi connectivity index (χ4v) is 1.45. The van der Waals surface area contributed by atoms with E-state index < -0.39 is 0 Å². The summed E-state index contributed by atoms with van der Waals surface area (Å²) in [6.45, 7) is 4.45. The van der Waals surface area contributed by atoms with Gasteiger partial charge in [-0.05, 0) is 12.8 Å². The predicted molar refractivity (Wildman–Crippen MR) is 53.8 cm³/mol. The summed E-state index contributed by atoms with van der Waals surface area (Å²) in [7, 11) is 0. The fraction of sp³-hybridized carbons (Fsp3) is 0.600. The van der Waals surface area contributed by atoms with Crippen molar-refractivity contribution in [2.75, 3.05) is 13.1 Å². The number of carbonyl (C=O) groups is 2. The van der Waals surface area contributed by atoms with E-state index in [1.165, 1.54) is 4.90 Å². The van der Waals surface area contributed by atoms with Gasteiger partial charge in [0.2, 0.25) is 5.91 Å². The maximum Gasteiger partial charge on any atom is 0.324 e. The lowest BCUT2D eigenvalue weighted by Gasteiger charge is -2.18. The number of hydrogen-bond acceptors (Lipinski definition) is 2. The summed E-state index contributed by atoms with van der Waals surface area (Å²) in [5, 5.41) is 2.61. The molecule has 1 saturated heterocycles. The third-order valence-electron chi connectivity index (χ3n) is 2.22. The molecule has 0 atom stereocenters. The first-order valence-corrected chi connectivity index (χ1v) is 4.95. The summed E-state index contributed by atoms with van der Waals surface area (Å²) in [6.07, 6.45) is 4.91. The van der Waals surface area contributed by atoms with Gasteiger partial charge in [-0.1, -0.05) is 12.5 Å². The molecule has 1 aliphatic heterocycles. The summed E-state index contributed by atoms with van der Waals surface area (Å²) in [5.74, 6) is -0.0657. The van der Waals surface area contributed by atoms with E-state index in [2.05, 4.69) is 11.9 Å². The van der Waals surface area contributed by atoms with Gasteiger partial charge in [-0.25, -0.2) is 4.79 Å². The van der Waals surface area contributed by atoms with Crippen LogP contribution >= 0.6 is 0 Å². The molecule has 78 valence electrons. The van der Waals surface area contributed by atoms with Crippen LogP contribution in [0.15, 0.2) is 12.7 Å². The van der Waals surface area contributed by atoms with Crippen molar-refractivity contribution in [1.29, 1.82) is 0 Å². The average molecular weight is 196 g/mol. The number of amides is 3. The van der Waals surface area contributed by atoms with Crippen molar-refractivity contribution in [2.45, 2.75) is 25.7 Å². The maximum absolute atomic E-state index is 11.5. The highest BCUT2D eigenvalue weighted by molar-refractivity contribution is 5.94. The summed E-state index contributed by atoms with van der Waals surface area (Å²) in [5.41, 5.74) is 0. The van der Waals surface area contributed by atoms with Crippen molar-refractivity contribution in [3.8, 4) is 0 Å². The second-order valence-electron chi connectivity index (χ2n) is 3.33. The molecule has 0 radical (unpaired) electrons. The van der Waals surface area contributed by atoms with Crippen molar-refractivity contribution in [3.63, 3.8) is 0 Å². The highest BCUT2D eigenvalue weighted by atomic mass is 16.2. The Morgan fingerprint density at radius 2 is 2.29 bits per heavy atom. The summed E-state index contributed by atoms with van der Waals surface area (Å²) < 4.78 is 0. The van der Waals surface area contributed by atoms with E-state index in [4.69, 9.17) is 0 Å². The number of nitrogens with zero attached hydrogens (tertiary/aromatic N) is 1. The van der Waals surface area contributed by atoms with Crippen LogP contribution in [0.2, 0.25) is 0 Å². The minimum absolute atomic E-state index is 0.0657. The highest BCUT2D eigenvalue weighted by Crippen LogP contribution is 2.10. The Morgan fingerprint density at radius 3 is 3.00 bits per heavy atom. The Balaban J connectivity index is 2.50. The van der Waals surface area contributed by atoms with Gasteiger partial charge in [-0.3, -0.25) is 9.69 Å². The lowest BCUT2D eigenvalue weighted by atomic mass is 10.2. The van der Waals surface area contributed by atoms with E-state index in [9.17, 15) is 9.59 Å². The first-order chi connectivity index (χ1) is 6.75. The Hall–Kier alpha value is -1.32. The second-order valence-corrected chi connectivity index (χ2v) is 3.33. The lowest BCUT2D eigenvalue weighted by Crippen LogP contribution is -2.43. The highest BCUT2D eigenvalue weighted by Gasteiger charge is 2.21. The van der Waals surface area contributed by atoms with E-state index in [1.54, 1.807) is 6.08 Å². The SMILES string of the molecule is C=CCNC(=O)N1CCCCCC1=O. The van der Waals surface area contributed by atoms with Crippen LogP contribution in [0.4, 0.5) is 4.79 Å². The van der Waals surface area contributed by atoms with Crippen LogP contribution < -0.4 is 5.32 Å². The lowest BCUT2D eigenvalue weighted by molar-refractivity contribution is -0.127. The quantitative estimate of drug-likeness (QED) is 0.676. The van der Waals surface area contributed by atoms with Crippen LogP contribution in [0.5, 0.6) is 0 Å². The molecule has 1 rings (SSSR count). The molecule has 0 aliphatic carbocycles. The van der Waals surface area contributed by atoms with Gasteiger partial charge in [0.25, 0.3) is 0 Å². The van der Waals surface area contributed by atoms with E-state index in [1.807, 2.05) is 0 Å². The zero-order valence-corrected chi connectivity index (χ0v) is 8.29. The zero-order valence-electron chi connectivity index (χ0n) is 8.29. The van der Waals surface area contributed by atoms with E-state index in [0.29, 0.717) is 19.5 Å². The molecule has 0 aromatic carbocycles. The Kier molecular flexibility index (Phi) is 4.16. The molecule has 0 bridgehead atoms. The van der Waals surface area contributed by atoms with Gasteiger partial charge in [0.1, 0.15) is 0 Å². The normalized spacial score (nSPS) is 17.4. The molecular formula is C10H16N2O2. The number of urea groups is 1. The predicted octanol–water partition coefficient (Wildman–Crippen LogP) is 1.28. The third kappa shape index (κ3) is 2.87. The topological polar surface area (TPSA) is 49.4 Å². The van der Waals surface area contributed by atoms with Crippen molar-refractivity contribution in [1.82, 2.24) is 10.2 Å². The van der Waals surface area contributed by atoms with Crippen LogP contribution in [-0.4, -0.2) is 29.9 Å². The number of imide groups is 1. The molecule has 1 fully saturated rings. The molecule has 1 N–H and O–H groups in total. The van der Waals surface area contributed by atoms with Crippen LogP contribution in [-0.2, 0) is 4.79 Å². The number of likely N-dealkylation sites (tertiary alicyclic amines) is 1. The third-order valence-corrected chi connectivity index (χ3v) is 2.22. The van der Waals surface area contributed by atoms with E-state index >= 15 is 0 Å². The molecule has 1 aliphatic rings. The van der Waals surface area contributed by atoms with Gasteiger partial charge in [0.15, 0.2) is 0 Å². The van der Waals surface area contributed by atoms with Gasteiger partial charge in [-0.2, -0.15) is 0 Å². The van der Waals surface area contributed by atoms with Crippen molar-refractivity contribution in [3.05, 3.63) is 12.7 Å². The van der Waals surface area contributed by atoms with Gasteiger partial charge in [0.05, 0.1) is 0 Å². The Morgan fingerprint density at radius 1 is 1.50 bits per heavy atom. The van der Waals surface area contributed by atoms with Gasteiger partial charge in [-0.15, -0.1) is 6.58 Å². The Labute approximate surface area is 84.0 Å². The minimum Gasteiger partial charge on any atom is -0.334 e. The van der Waals surface area contributed by atoms with Gasteiger partial charge < -0.3 is 5.32 Å². The molecule has 3 amide bonds. The van der Waals surface area contributed by atoms with Crippen molar-refractivity contribution >= 4 is 11.9 Å². The van der Waals surface area contributed by atoms with E-state index in [-0.39, 0.29) is 11.9 Å². The van der Waals surface area contributed by atoms with Crippen molar-refractivity contribution in [2.24, 2.45) is 0 Å². The number of carbonyl (C=O) groups excluding carboxylic acids is 2. The first kappa shape index (κ1) is 10.8.